The zero-order valence-electron chi connectivity index (χ0n) is 11.8. The molecule has 2 aromatic rings. The van der Waals surface area contributed by atoms with Crippen molar-refractivity contribution in [3.05, 3.63) is 24.3 Å². The number of amides is 1. The number of aromatic nitrogens is 1. The van der Waals surface area contributed by atoms with Crippen molar-refractivity contribution in [3.8, 4) is 0 Å². The van der Waals surface area contributed by atoms with E-state index in [2.05, 4.69) is 4.98 Å². The number of para-hydroxylation sites is 1. The van der Waals surface area contributed by atoms with E-state index < -0.39 is 5.60 Å². The number of thiazole rings is 1. The van der Waals surface area contributed by atoms with Gasteiger partial charge in [0.1, 0.15) is 0 Å². The first-order valence-electron chi connectivity index (χ1n) is 6.30. The summed E-state index contributed by atoms with van der Waals surface area (Å²) >= 11 is 3.04. The molecular weight excluding hydrogens is 292 g/mol. The van der Waals surface area contributed by atoms with Crippen LogP contribution in [0.1, 0.15) is 13.8 Å². The third-order valence-corrected chi connectivity index (χ3v) is 4.81. The van der Waals surface area contributed by atoms with Crippen LogP contribution in [0, 0.1) is 0 Å². The molecule has 0 fully saturated rings. The second-order valence-corrected chi connectivity index (χ2v) is 7.55. The number of carbonyl (C=O) groups is 1. The number of fused-ring (bicyclic) bond motifs is 1. The van der Waals surface area contributed by atoms with Crippen LogP contribution in [0.4, 0.5) is 0 Å². The Balaban J connectivity index is 1.93. The van der Waals surface area contributed by atoms with Crippen LogP contribution in [-0.4, -0.2) is 45.8 Å². The molecule has 0 bridgehead atoms. The highest BCUT2D eigenvalue weighted by Crippen LogP contribution is 2.29. The Labute approximate surface area is 126 Å². The van der Waals surface area contributed by atoms with E-state index in [0.717, 1.165) is 14.6 Å². The van der Waals surface area contributed by atoms with Gasteiger partial charge in [-0.2, -0.15) is 0 Å². The predicted octanol–water partition coefficient (Wildman–Crippen LogP) is 2.62. The number of aliphatic hydroxyl groups is 1. The monoisotopic (exact) mass is 310 g/mol. The number of benzene rings is 1. The van der Waals surface area contributed by atoms with Crippen LogP contribution < -0.4 is 0 Å². The first-order chi connectivity index (χ1) is 9.35. The minimum Gasteiger partial charge on any atom is -0.389 e. The van der Waals surface area contributed by atoms with Gasteiger partial charge < -0.3 is 10.0 Å². The molecule has 6 heteroatoms. The van der Waals surface area contributed by atoms with Crippen molar-refractivity contribution in [1.29, 1.82) is 0 Å². The van der Waals surface area contributed by atoms with E-state index >= 15 is 0 Å². The molecule has 2 rings (SSSR count). The molecule has 0 aliphatic carbocycles. The van der Waals surface area contributed by atoms with Gasteiger partial charge in [-0.25, -0.2) is 4.98 Å². The van der Waals surface area contributed by atoms with Crippen molar-refractivity contribution < 1.29 is 9.90 Å². The lowest BCUT2D eigenvalue weighted by molar-refractivity contribution is -0.129. The van der Waals surface area contributed by atoms with E-state index in [1.54, 1.807) is 37.1 Å². The molecule has 0 saturated carbocycles. The maximum absolute atomic E-state index is 12.0. The molecule has 0 unspecified atom stereocenters. The summed E-state index contributed by atoms with van der Waals surface area (Å²) in [6.07, 6.45) is 0. The highest BCUT2D eigenvalue weighted by atomic mass is 32.2. The van der Waals surface area contributed by atoms with Gasteiger partial charge in [-0.3, -0.25) is 4.79 Å². The third kappa shape index (κ3) is 4.19. The topological polar surface area (TPSA) is 53.4 Å². The molecule has 0 saturated heterocycles. The fraction of sp³-hybridized carbons (Fsp3) is 0.429. The Morgan fingerprint density at radius 3 is 2.80 bits per heavy atom. The zero-order valence-corrected chi connectivity index (χ0v) is 13.4. The molecular formula is C14H18N2O2S2. The van der Waals surface area contributed by atoms with Gasteiger partial charge in [-0.15, -0.1) is 11.3 Å². The van der Waals surface area contributed by atoms with E-state index in [-0.39, 0.29) is 5.91 Å². The summed E-state index contributed by atoms with van der Waals surface area (Å²) in [5.74, 6) is 0.336. The standard InChI is InChI=1S/C14H18N2O2S2/c1-14(2,18)9-16(3)12(17)8-19-13-15-10-6-4-5-7-11(10)20-13/h4-7,18H,8-9H2,1-3H3. The summed E-state index contributed by atoms with van der Waals surface area (Å²) in [4.78, 5) is 18.0. The van der Waals surface area contributed by atoms with Crippen LogP contribution in [0.25, 0.3) is 10.2 Å². The lowest BCUT2D eigenvalue weighted by atomic mass is 10.1. The van der Waals surface area contributed by atoms with Crippen molar-refractivity contribution in [1.82, 2.24) is 9.88 Å². The average Bonchev–Trinajstić information content (AvgIpc) is 2.76. The lowest BCUT2D eigenvalue weighted by Gasteiger charge is -2.25. The van der Waals surface area contributed by atoms with Gasteiger partial charge in [0.15, 0.2) is 4.34 Å². The molecule has 0 aliphatic heterocycles. The molecule has 1 aromatic heterocycles. The predicted molar refractivity (Wildman–Crippen MR) is 84.3 cm³/mol. The van der Waals surface area contributed by atoms with Crippen LogP contribution in [-0.2, 0) is 4.79 Å². The van der Waals surface area contributed by atoms with Crippen LogP contribution in [0.3, 0.4) is 0 Å². The molecule has 0 radical (unpaired) electrons. The summed E-state index contributed by atoms with van der Waals surface area (Å²) in [6.45, 7) is 3.71. The largest absolute Gasteiger partial charge is 0.389 e. The number of rotatable bonds is 5. The van der Waals surface area contributed by atoms with Crippen LogP contribution >= 0.6 is 23.1 Å². The van der Waals surface area contributed by atoms with Gasteiger partial charge in [0, 0.05) is 13.6 Å². The van der Waals surface area contributed by atoms with E-state index in [9.17, 15) is 9.90 Å². The average molecular weight is 310 g/mol. The van der Waals surface area contributed by atoms with Crippen molar-refractivity contribution in [2.24, 2.45) is 0 Å². The summed E-state index contributed by atoms with van der Waals surface area (Å²) in [5.41, 5.74) is 0.0996. The first kappa shape index (κ1) is 15.3. The quantitative estimate of drug-likeness (QED) is 0.863. The molecule has 1 N–H and O–H groups in total. The minimum atomic E-state index is -0.870. The Kier molecular flexibility index (Phi) is 4.67. The number of thioether (sulfide) groups is 1. The molecule has 1 aromatic carbocycles. The van der Waals surface area contributed by atoms with Gasteiger partial charge in [-0.1, -0.05) is 23.9 Å². The maximum Gasteiger partial charge on any atom is 0.232 e. The van der Waals surface area contributed by atoms with E-state index in [4.69, 9.17) is 0 Å². The fourth-order valence-corrected chi connectivity index (χ4v) is 3.82. The van der Waals surface area contributed by atoms with Crippen molar-refractivity contribution in [2.45, 2.75) is 23.8 Å². The molecule has 108 valence electrons. The maximum atomic E-state index is 12.0. The molecule has 0 spiro atoms. The van der Waals surface area contributed by atoms with Gasteiger partial charge in [0.25, 0.3) is 0 Å². The Morgan fingerprint density at radius 2 is 2.15 bits per heavy atom. The van der Waals surface area contributed by atoms with Crippen molar-refractivity contribution in [2.75, 3.05) is 19.3 Å². The first-order valence-corrected chi connectivity index (χ1v) is 8.10. The second kappa shape index (κ2) is 6.11. The fourth-order valence-electron chi connectivity index (χ4n) is 1.82. The van der Waals surface area contributed by atoms with Crippen LogP contribution in [0.15, 0.2) is 28.6 Å². The van der Waals surface area contributed by atoms with E-state index in [0.29, 0.717) is 12.3 Å². The van der Waals surface area contributed by atoms with Gasteiger partial charge in [0.2, 0.25) is 5.91 Å². The number of carbonyl (C=O) groups excluding carboxylic acids is 1. The highest BCUT2D eigenvalue weighted by molar-refractivity contribution is 8.01. The van der Waals surface area contributed by atoms with Gasteiger partial charge >= 0.3 is 0 Å². The summed E-state index contributed by atoms with van der Waals surface area (Å²) in [6, 6.07) is 7.94. The molecule has 0 atom stereocenters. The number of nitrogens with zero attached hydrogens (tertiary/aromatic N) is 2. The number of likely N-dealkylation sites (N-methyl/N-ethyl adjacent to an activating group) is 1. The van der Waals surface area contributed by atoms with Crippen LogP contribution in [0.5, 0.6) is 0 Å². The van der Waals surface area contributed by atoms with Crippen LogP contribution in [0.2, 0.25) is 0 Å². The second-order valence-electron chi connectivity index (χ2n) is 5.30. The number of hydrogen-bond acceptors (Lipinski definition) is 5. The minimum absolute atomic E-state index is 0.00335. The number of hydrogen-bond donors (Lipinski definition) is 1. The van der Waals surface area contributed by atoms with E-state index in [1.165, 1.54) is 11.8 Å². The molecule has 20 heavy (non-hydrogen) atoms. The smallest absolute Gasteiger partial charge is 0.232 e. The molecule has 1 amide bonds. The molecule has 1 heterocycles. The van der Waals surface area contributed by atoms with Crippen molar-refractivity contribution in [3.63, 3.8) is 0 Å². The summed E-state index contributed by atoms with van der Waals surface area (Å²) in [5, 5.41) is 9.71. The molecule has 0 aliphatic rings. The Morgan fingerprint density at radius 1 is 1.45 bits per heavy atom. The normalized spacial score (nSPS) is 11.8. The lowest BCUT2D eigenvalue weighted by Crippen LogP contribution is -2.40. The summed E-state index contributed by atoms with van der Waals surface area (Å²) in [7, 11) is 1.71. The zero-order chi connectivity index (χ0) is 14.8. The van der Waals surface area contributed by atoms with Crippen molar-refractivity contribution >= 4 is 39.2 Å². The SMILES string of the molecule is CN(CC(C)(C)O)C(=O)CSc1nc2ccccc2s1. The van der Waals surface area contributed by atoms with E-state index in [1.807, 2.05) is 24.3 Å². The highest BCUT2D eigenvalue weighted by Gasteiger charge is 2.19. The van der Waals surface area contributed by atoms with Gasteiger partial charge in [0.05, 0.1) is 21.6 Å². The Hall–Kier alpha value is -1.11. The Bertz CT molecular complexity index is 571. The third-order valence-electron chi connectivity index (χ3n) is 2.64. The van der Waals surface area contributed by atoms with Gasteiger partial charge in [-0.05, 0) is 26.0 Å². The molecule has 4 nitrogen and oxygen atoms in total. The summed E-state index contributed by atoms with van der Waals surface area (Å²) < 4.78 is 2.03.